The molecule has 0 radical (unpaired) electrons. The van der Waals surface area contributed by atoms with Crippen molar-refractivity contribution in [3.63, 3.8) is 0 Å². The molecule has 3 nitrogen and oxygen atoms in total. The molecule has 0 unspecified atom stereocenters. The smallest absolute Gasteiger partial charge is 0.0707 e. The van der Waals surface area contributed by atoms with Crippen LogP contribution in [0.4, 0.5) is 0 Å². The SMILES string of the molecule is Cc1c(C(C)(C)C)n[nH]c1CCN. The molecule has 0 aromatic carbocycles. The maximum Gasteiger partial charge on any atom is 0.0707 e. The Hall–Kier alpha value is -0.830. The lowest BCUT2D eigenvalue weighted by Crippen LogP contribution is -2.13. The maximum atomic E-state index is 5.50. The number of nitrogens with one attached hydrogen (secondary N) is 1. The van der Waals surface area contributed by atoms with Crippen molar-refractivity contribution in [3.8, 4) is 0 Å². The molecule has 0 bridgehead atoms. The monoisotopic (exact) mass is 181 g/mol. The van der Waals surface area contributed by atoms with Gasteiger partial charge >= 0.3 is 0 Å². The Labute approximate surface area is 79.7 Å². The van der Waals surface area contributed by atoms with E-state index < -0.39 is 0 Å². The molecule has 0 spiro atoms. The van der Waals surface area contributed by atoms with Gasteiger partial charge in [0.25, 0.3) is 0 Å². The topological polar surface area (TPSA) is 54.7 Å². The number of aromatic amines is 1. The predicted molar refractivity (Wildman–Crippen MR) is 54.8 cm³/mol. The van der Waals surface area contributed by atoms with Crippen LogP contribution >= 0.6 is 0 Å². The predicted octanol–water partition coefficient (Wildman–Crippen LogP) is 1.52. The van der Waals surface area contributed by atoms with Gasteiger partial charge in [0.1, 0.15) is 0 Å². The molecule has 0 aliphatic heterocycles. The standard InChI is InChI=1S/C10H19N3/c1-7-8(5-6-11)12-13-9(7)10(2,3)4/h5-6,11H2,1-4H3,(H,12,13). The average molecular weight is 181 g/mol. The van der Waals surface area contributed by atoms with Gasteiger partial charge in [-0.1, -0.05) is 20.8 Å². The van der Waals surface area contributed by atoms with E-state index in [2.05, 4.69) is 37.9 Å². The largest absolute Gasteiger partial charge is 0.330 e. The van der Waals surface area contributed by atoms with Crippen molar-refractivity contribution in [3.05, 3.63) is 17.0 Å². The minimum Gasteiger partial charge on any atom is -0.330 e. The van der Waals surface area contributed by atoms with E-state index in [0.717, 1.165) is 12.1 Å². The molecule has 3 N–H and O–H groups in total. The van der Waals surface area contributed by atoms with Crippen LogP contribution in [0.2, 0.25) is 0 Å². The zero-order valence-electron chi connectivity index (χ0n) is 8.94. The molecule has 0 atom stereocenters. The summed E-state index contributed by atoms with van der Waals surface area (Å²) in [6.07, 6.45) is 0.884. The molecule has 74 valence electrons. The third kappa shape index (κ3) is 2.10. The molecule has 1 aromatic rings. The van der Waals surface area contributed by atoms with Crippen molar-refractivity contribution in [2.75, 3.05) is 6.54 Å². The van der Waals surface area contributed by atoms with E-state index in [1.54, 1.807) is 0 Å². The summed E-state index contributed by atoms with van der Waals surface area (Å²) in [6.45, 7) is 9.29. The van der Waals surface area contributed by atoms with Crippen molar-refractivity contribution < 1.29 is 0 Å². The van der Waals surface area contributed by atoms with Crippen LogP contribution in [0.1, 0.15) is 37.7 Å². The number of rotatable bonds is 2. The summed E-state index contributed by atoms with van der Waals surface area (Å²) in [5.74, 6) is 0. The maximum absolute atomic E-state index is 5.50. The molecule has 0 fully saturated rings. The van der Waals surface area contributed by atoms with E-state index in [1.807, 2.05) is 0 Å². The first-order chi connectivity index (χ1) is 5.96. The summed E-state index contributed by atoms with van der Waals surface area (Å²) in [5.41, 5.74) is 9.20. The third-order valence-electron chi connectivity index (χ3n) is 2.22. The van der Waals surface area contributed by atoms with Gasteiger partial charge in [-0.25, -0.2) is 0 Å². The molecule has 0 saturated heterocycles. The number of nitrogens with zero attached hydrogens (tertiary/aromatic N) is 1. The number of aromatic nitrogens is 2. The van der Waals surface area contributed by atoms with Crippen molar-refractivity contribution >= 4 is 0 Å². The highest BCUT2D eigenvalue weighted by Crippen LogP contribution is 2.24. The van der Waals surface area contributed by atoms with Crippen molar-refractivity contribution in [2.24, 2.45) is 5.73 Å². The van der Waals surface area contributed by atoms with Gasteiger partial charge in [-0.2, -0.15) is 5.10 Å². The number of hydrogen-bond acceptors (Lipinski definition) is 2. The van der Waals surface area contributed by atoms with E-state index >= 15 is 0 Å². The Balaban J connectivity index is 2.99. The molecule has 0 aliphatic rings. The molecule has 3 heteroatoms. The minimum absolute atomic E-state index is 0.118. The van der Waals surface area contributed by atoms with Gasteiger partial charge in [-0.15, -0.1) is 0 Å². The first-order valence-corrected chi connectivity index (χ1v) is 4.71. The first-order valence-electron chi connectivity index (χ1n) is 4.71. The lowest BCUT2D eigenvalue weighted by Gasteiger charge is -2.16. The normalized spacial score (nSPS) is 12.1. The molecule has 0 amide bonds. The summed E-state index contributed by atoms with van der Waals surface area (Å²) in [4.78, 5) is 0. The van der Waals surface area contributed by atoms with Crippen LogP contribution in [0.5, 0.6) is 0 Å². The van der Waals surface area contributed by atoms with Gasteiger partial charge in [-0.3, -0.25) is 5.10 Å². The number of hydrogen-bond donors (Lipinski definition) is 2. The van der Waals surface area contributed by atoms with Crippen molar-refractivity contribution in [1.29, 1.82) is 0 Å². The lowest BCUT2D eigenvalue weighted by atomic mass is 9.89. The molecular weight excluding hydrogens is 162 g/mol. The Morgan fingerprint density at radius 2 is 2.00 bits per heavy atom. The van der Waals surface area contributed by atoms with Crippen LogP contribution < -0.4 is 5.73 Å². The summed E-state index contributed by atoms with van der Waals surface area (Å²) < 4.78 is 0. The number of nitrogens with two attached hydrogens (primary N) is 1. The van der Waals surface area contributed by atoms with Crippen LogP contribution in [-0.2, 0) is 11.8 Å². The molecule has 13 heavy (non-hydrogen) atoms. The first kappa shape index (κ1) is 10.3. The Morgan fingerprint density at radius 3 is 2.38 bits per heavy atom. The zero-order chi connectivity index (χ0) is 10.1. The Kier molecular flexibility index (Phi) is 2.76. The van der Waals surface area contributed by atoms with Gasteiger partial charge in [0.15, 0.2) is 0 Å². The second kappa shape index (κ2) is 3.50. The summed E-state index contributed by atoms with van der Waals surface area (Å²) in [7, 11) is 0. The minimum atomic E-state index is 0.118. The molecular formula is C10H19N3. The average Bonchev–Trinajstić information content (AvgIpc) is 2.32. The van der Waals surface area contributed by atoms with E-state index in [0.29, 0.717) is 6.54 Å². The van der Waals surface area contributed by atoms with Gasteiger partial charge in [0.05, 0.1) is 5.69 Å². The Bertz CT molecular complexity index is 281. The number of H-pyrrole nitrogens is 1. The van der Waals surface area contributed by atoms with Gasteiger partial charge in [0, 0.05) is 17.5 Å². The molecule has 1 rings (SSSR count). The van der Waals surface area contributed by atoms with E-state index in [4.69, 9.17) is 5.73 Å². The van der Waals surface area contributed by atoms with Crippen molar-refractivity contribution in [1.82, 2.24) is 10.2 Å². The highest BCUT2D eigenvalue weighted by molar-refractivity contribution is 5.28. The van der Waals surface area contributed by atoms with Crippen LogP contribution in [-0.4, -0.2) is 16.7 Å². The molecule has 1 aromatic heterocycles. The Morgan fingerprint density at radius 1 is 1.38 bits per heavy atom. The quantitative estimate of drug-likeness (QED) is 0.726. The van der Waals surface area contributed by atoms with E-state index in [9.17, 15) is 0 Å². The fourth-order valence-corrected chi connectivity index (χ4v) is 1.55. The summed E-state index contributed by atoms with van der Waals surface area (Å²) >= 11 is 0. The highest BCUT2D eigenvalue weighted by atomic mass is 15.1. The van der Waals surface area contributed by atoms with Gasteiger partial charge in [0.2, 0.25) is 0 Å². The van der Waals surface area contributed by atoms with Gasteiger partial charge in [-0.05, 0) is 19.0 Å². The van der Waals surface area contributed by atoms with Crippen LogP contribution in [0.3, 0.4) is 0 Å². The summed E-state index contributed by atoms with van der Waals surface area (Å²) in [5, 5.41) is 7.38. The fraction of sp³-hybridized carbons (Fsp3) is 0.700. The zero-order valence-corrected chi connectivity index (χ0v) is 8.94. The van der Waals surface area contributed by atoms with Crippen LogP contribution in [0.25, 0.3) is 0 Å². The second-order valence-corrected chi connectivity index (χ2v) is 4.46. The second-order valence-electron chi connectivity index (χ2n) is 4.46. The van der Waals surface area contributed by atoms with E-state index in [-0.39, 0.29) is 5.41 Å². The third-order valence-corrected chi connectivity index (χ3v) is 2.22. The van der Waals surface area contributed by atoms with Crippen LogP contribution in [0, 0.1) is 6.92 Å². The fourth-order valence-electron chi connectivity index (χ4n) is 1.55. The summed E-state index contributed by atoms with van der Waals surface area (Å²) in [6, 6.07) is 0. The molecule has 0 aliphatic carbocycles. The van der Waals surface area contributed by atoms with Crippen LogP contribution in [0.15, 0.2) is 0 Å². The van der Waals surface area contributed by atoms with Gasteiger partial charge < -0.3 is 5.73 Å². The van der Waals surface area contributed by atoms with E-state index in [1.165, 1.54) is 11.3 Å². The molecule has 0 saturated carbocycles. The van der Waals surface area contributed by atoms with Crippen molar-refractivity contribution in [2.45, 2.75) is 39.5 Å². The lowest BCUT2D eigenvalue weighted by molar-refractivity contribution is 0.563. The highest BCUT2D eigenvalue weighted by Gasteiger charge is 2.20. The molecule has 1 heterocycles.